The van der Waals surface area contributed by atoms with Gasteiger partial charge < -0.3 is 5.11 Å². The van der Waals surface area contributed by atoms with Gasteiger partial charge in [0.25, 0.3) is 0 Å². The number of nitrogens with zero attached hydrogens (tertiary/aromatic N) is 4. The third-order valence-electron chi connectivity index (χ3n) is 2.71. The van der Waals surface area contributed by atoms with Crippen molar-refractivity contribution in [2.45, 2.75) is 32.9 Å². The predicted molar refractivity (Wildman–Crippen MR) is 67.7 cm³/mol. The molecule has 2 aromatic heterocycles. The minimum atomic E-state index is -1.02. The Morgan fingerprint density at radius 3 is 2.84 bits per heavy atom. The van der Waals surface area contributed by atoms with E-state index < -0.39 is 11.9 Å². The summed E-state index contributed by atoms with van der Waals surface area (Å²) in [5.41, 5.74) is 0.0431. The van der Waals surface area contributed by atoms with E-state index in [1.165, 1.54) is 24.7 Å². The van der Waals surface area contributed by atoms with Crippen LogP contribution in [0.5, 0.6) is 0 Å². The molecular formula is C13H17FN4O. The fourth-order valence-corrected chi connectivity index (χ4v) is 1.86. The molecule has 0 fully saturated rings. The van der Waals surface area contributed by atoms with Crippen LogP contribution >= 0.6 is 0 Å². The Labute approximate surface area is 111 Å². The molecule has 0 saturated heterocycles. The monoisotopic (exact) mass is 264 g/mol. The predicted octanol–water partition coefficient (Wildman–Crippen LogP) is 1.74. The van der Waals surface area contributed by atoms with Crippen molar-refractivity contribution in [3.8, 4) is 0 Å². The largest absolute Gasteiger partial charge is 0.386 e. The molecule has 1 N–H and O–H groups in total. The second-order valence-corrected chi connectivity index (χ2v) is 4.84. The van der Waals surface area contributed by atoms with Crippen LogP contribution in [0, 0.1) is 11.7 Å². The first-order valence-corrected chi connectivity index (χ1v) is 6.23. The maximum atomic E-state index is 13.5. The normalized spacial score (nSPS) is 12.9. The zero-order valence-corrected chi connectivity index (χ0v) is 11.0. The van der Waals surface area contributed by atoms with E-state index in [0.717, 1.165) is 0 Å². The number of hydrogen-bond donors (Lipinski definition) is 1. The zero-order chi connectivity index (χ0) is 13.8. The van der Waals surface area contributed by atoms with Gasteiger partial charge in [-0.05, 0) is 18.1 Å². The number of aliphatic hydroxyl groups excluding tert-OH is 1. The molecule has 5 nitrogen and oxygen atoms in total. The van der Waals surface area contributed by atoms with Gasteiger partial charge in [-0.1, -0.05) is 13.8 Å². The van der Waals surface area contributed by atoms with E-state index in [4.69, 9.17) is 0 Å². The Hall–Kier alpha value is -1.82. The van der Waals surface area contributed by atoms with Crippen molar-refractivity contribution in [2.75, 3.05) is 0 Å². The number of hydrogen-bond acceptors (Lipinski definition) is 4. The summed E-state index contributed by atoms with van der Waals surface area (Å²) in [4.78, 5) is 7.97. The highest BCUT2D eigenvalue weighted by Gasteiger charge is 2.18. The SMILES string of the molecule is CC(C)Cn1ncnc1CC(O)c1ncccc1F. The molecule has 0 amide bonds. The van der Waals surface area contributed by atoms with E-state index in [-0.39, 0.29) is 12.1 Å². The molecule has 0 radical (unpaired) electrons. The van der Waals surface area contributed by atoms with Gasteiger partial charge in [0.2, 0.25) is 0 Å². The van der Waals surface area contributed by atoms with E-state index in [1.807, 2.05) is 0 Å². The van der Waals surface area contributed by atoms with Gasteiger partial charge in [0.1, 0.15) is 29.8 Å². The molecule has 0 saturated carbocycles. The lowest BCUT2D eigenvalue weighted by Gasteiger charge is -2.12. The van der Waals surface area contributed by atoms with Crippen molar-refractivity contribution in [1.82, 2.24) is 19.7 Å². The number of aliphatic hydroxyl groups is 1. The summed E-state index contributed by atoms with van der Waals surface area (Å²) in [6.45, 7) is 4.85. The van der Waals surface area contributed by atoms with Gasteiger partial charge in [-0.2, -0.15) is 5.10 Å². The van der Waals surface area contributed by atoms with Crippen molar-refractivity contribution < 1.29 is 9.50 Å². The lowest BCUT2D eigenvalue weighted by Crippen LogP contribution is -2.14. The Bertz CT molecular complexity index is 541. The quantitative estimate of drug-likeness (QED) is 0.893. The Kier molecular flexibility index (Phi) is 4.21. The number of rotatable bonds is 5. The van der Waals surface area contributed by atoms with Crippen LogP contribution in [-0.2, 0) is 13.0 Å². The Morgan fingerprint density at radius 2 is 2.16 bits per heavy atom. The lowest BCUT2D eigenvalue weighted by molar-refractivity contribution is 0.163. The van der Waals surface area contributed by atoms with Crippen LogP contribution in [0.3, 0.4) is 0 Å². The van der Waals surface area contributed by atoms with Crippen LogP contribution in [-0.4, -0.2) is 24.9 Å². The minimum Gasteiger partial charge on any atom is -0.386 e. The highest BCUT2D eigenvalue weighted by Crippen LogP contribution is 2.18. The van der Waals surface area contributed by atoms with Crippen molar-refractivity contribution in [2.24, 2.45) is 5.92 Å². The van der Waals surface area contributed by atoms with E-state index in [2.05, 4.69) is 28.9 Å². The molecule has 2 heterocycles. The zero-order valence-electron chi connectivity index (χ0n) is 11.0. The molecular weight excluding hydrogens is 247 g/mol. The van der Waals surface area contributed by atoms with Crippen LogP contribution in [0.4, 0.5) is 4.39 Å². The molecule has 1 unspecified atom stereocenters. The molecule has 2 aromatic rings. The van der Waals surface area contributed by atoms with Crippen molar-refractivity contribution in [3.05, 3.63) is 42.0 Å². The summed E-state index contributed by atoms with van der Waals surface area (Å²) >= 11 is 0. The van der Waals surface area contributed by atoms with E-state index in [1.54, 1.807) is 4.68 Å². The van der Waals surface area contributed by atoms with E-state index in [9.17, 15) is 9.50 Å². The second-order valence-electron chi connectivity index (χ2n) is 4.84. The van der Waals surface area contributed by atoms with Gasteiger partial charge >= 0.3 is 0 Å². The van der Waals surface area contributed by atoms with Gasteiger partial charge in [-0.25, -0.2) is 14.1 Å². The van der Waals surface area contributed by atoms with Crippen LogP contribution < -0.4 is 0 Å². The number of aromatic nitrogens is 4. The van der Waals surface area contributed by atoms with E-state index in [0.29, 0.717) is 18.3 Å². The van der Waals surface area contributed by atoms with Crippen LogP contribution in [0.25, 0.3) is 0 Å². The third-order valence-corrected chi connectivity index (χ3v) is 2.71. The minimum absolute atomic E-state index is 0.0431. The van der Waals surface area contributed by atoms with E-state index >= 15 is 0 Å². The summed E-state index contributed by atoms with van der Waals surface area (Å²) in [5.74, 6) is 0.542. The highest BCUT2D eigenvalue weighted by molar-refractivity contribution is 5.11. The average Bonchev–Trinajstić information content (AvgIpc) is 2.76. The summed E-state index contributed by atoms with van der Waals surface area (Å²) in [5, 5.41) is 14.2. The Balaban J connectivity index is 2.13. The van der Waals surface area contributed by atoms with Gasteiger partial charge in [-0.3, -0.25) is 4.98 Å². The summed E-state index contributed by atoms with van der Waals surface area (Å²) in [6.07, 6.45) is 2.08. The standard InChI is InChI=1S/C13H17FN4O/c1-9(2)7-18-12(16-8-17-18)6-11(19)13-10(14)4-3-5-15-13/h3-5,8-9,11,19H,6-7H2,1-2H3. The molecule has 2 rings (SSSR count). The number of halogens is 1. The van der Waals surface area contributed by atoms with Crippen molar-refractivity contribution in [3.63, 3.8) is 0 Å². The first-order valence-electron chi connectivity index (χ1n) is 6.23. The molecule has 0 spiro atoms. The summed E-state index contributed by atoms with van der Waals surface area (Å²) in [6, 6.07) is 2.78. The van der Waals surface area contributed by atoms with Gasteiger partial charge in [-0.15, -0.1) is 0 Å². The fraction of sp³-hybridized carbons (Fsp3) is 0.462. The smallest absolute Gasteiger partial charge is 0.147 e. The maximum absolute atomic E-state index is 13.5. The molecule has 102 valence electrons. The third kappa shape index (κ3) is 3.35. The fourth-order valence-electron chi connectivity index (χ4n) is 1.86. The van der Waals surface area contributed by atoms with Gasteiger partial charge in [0.15, 0.2) is 0 Å². The van der Waals surface area contributed by atoms with Crippen molar-refractivity contribution in [1.29, 1.82) is 0 Å². The van der Waals surface area contributed by atoms with Gasteiger partial charge in [0, 0.05) is 19.2 Å². The second kappa shape index (κ2) is 5.88. The average molecular weight is 264 g/mol. The van der Waals surface area contributed by atoms with Crippen LogP contribution in [0.1, 0.15) is 31.5 Å². The maximum Gasteiger partial charge on any atom is 0.147 e. The topological polar surface area (TPSA) is 63.8 Å². The van der Waals surface area contributed by atoms with Crippen LogP contribution in [0.15, 0.2) is 24.7 Å². The van der Waals surface area contributed by atoms with Crippen LogP contribution in [0.2, 0.25) is 0 Å². The highest BCUT2D eigenvalue weighted by atomic mass is 19.1. The molecule has 0 aliphatic carbocycles. The lowest BCUT2D eigenvalue weighted by atomic mass is 10.1. The molecule has 0 aromatic carbocycles. The summed E-state index contributed by atoms with van der Waals surface area (Å²) < 4.78 is 15.2. The molecule has 0 bridgehead atoms. The molecule has 0 aliphatic heterocycles. The molecule has 6 heteroatoms. The van der Waals surface area contributed by atoms with Crippen molar-refractivity contribution >= 4 is 0 Å². The first kappa shape index (κ1) is 13.6. The molecule has 19 heavy (non-hydrogen) atoms. The first-order chi connectivity index (χ1) is 9.08. The Morgan fingerprint density at radius 1 is 1.37 bits per heavy atom. The van der Waals surface area contributed by atoms with Gasteiger partial charge in [0.05, 0.1) is 0 Å². The molecule has 0 aliphatic rings. The number of pyridine rings is 1. The molecule has 1 atom stereocenters. The summed E-state index contributed by atoms with van der Waals surface area (Å²) in [7, 11) is 0.